The summed E-state index contributed by atoms with van der Waals surface area (Å²) in [5.74, 6) is -1.12. The van der Waals surface area contributed by atoms with E-state index in [1.165, 1.54) is 9.30 Å². The number of rotatable bonds is 6. The van der Waals surface area contributed by atoms with E-state index in [0.717, 1.165) is 5.56 Å². The van der Waals surface area contributed by atoms with E-state index in [0.29, 0.717) is 24.5 Å². The SMILES string of the molecule is CN1CCN(c2cc(N(C)C)cn3c(=O)c(OCc4ccccc4)c(C(N)=O)nc23)C1=O. The third-order valence-corrected chi connectivity index (χ3v) is 5.33. The molecule has 0 unspecified atom stereocenters. The summed E-state index contributed by atoms with van der Waals surface area (Å²) in [4.78, 5) is 47.6. The molecule has 3 amide bonds. The summed E-state index contributed by atoms with van der Waals surface area (Å²) in [6.07, 6.45) is 1.60. The minimum atomic E-state index is -0.889. The number of carbonyl (C=O) groups is 2. The number of hydrogen-bond donors (Lipinski definition) is 1. The maximum Gasteiger partial charge on any atom is 0.324 e. The van der Waals surface area contributed by atoms with E-state index in [1.807, 2.05) is 49.3 Å². The van der Waals surface area contributed by atoms with Gasteiger partial charge in [-0.05, 0) is 11.6 Å². The molecule has 10 nitrogen and oxygen atoms in total. The second-order valence-electron chi connectivity index (χ2n) is 7.76. The zero-order valence-corrected chi connectivity index (χ0v) is 18.1. The van der Waals surface area contributed by atoms with Crippen LogP contribution in [0.15, 0.2) is 47.4 Å². The first-order valence-electron chi connectivity index (χ1n) is 10.0. The molecule has 1 aliphatic heterocycles. The number of benzene rings is 1. The third-order valence-electron chi connectivity index (χ3n) is 5.33. The van der Waals surface area contributed by atoms with Gasteiger partial charge in [0.1, 0.15) is 6.61 Å². The normalized spacial score (nSPS) is 13.7. The highest BCUT2D eigenvalue weighted by Crippen LogP contribution is 2.29. The maximum atomic E-state index is 13.4. The van der Waals surface area contributed by atoms with Crippen LogP contribution in [0.1, 0.15) is 16.1 Å². The van der Waals surface area contributed by atoms with Gasteiger partial charge in [-0.2, -0.15) is 0 Å². The van der Waals surface area contributed by atoms with E-state index >= 15 is 0 Å². The smallest absolute Gasteiger partial charge is 0.324 e. The Morgan fingerprint density at radius 2 is 1.91 bits per heavy atom. The molecule has 0 bridgehead atoms. The molecule has 1 fully saturated rings. The summed E-state index contributed by atoms with van der Waals surface area (Å²) in [6, 6.07) is 10.8. The van der Waals surface area contributed by atoms with E-state index in [-0.39, 0.29) is 29.7 Å². The number of carbonyl (C=O) groups excluding carboxylic acids is 2. The Labute approximate surface area is 184 Å². The first kappa shape index (κ1) is 21.2. The largest absolute Gasteiger partial charge is 0.481 e. The van der Waals surface area contributed by atoms with Gasteiger partial charge in [0.25, 0.3) is 5.91 Å². The Morgan fingerprint density at radius 1 is 1.19 bits per heavy atom. The van der Waals surface area contributed by atoms with E-state index in [9.17, 15) is 14.4 Å². The number of aromatic nitrogens is 2. The van der Waals surface area contributed by atoms with Gasteiger partial charge in [0.15, 0.2) is 11.3 Å². The Morgan fingerprint density at radius 3 is 2.50 bits per heavy atom. The number of nitrogens with two attached hydrogens (primary N) is 1. The predicted octanol–water partition coefficient (Wildman–Crippen LogP) is 1.31. The molecular weight excluding hydrogens is 412 g/mol. The quantitative estimate of drug-likeness (QED) is 0.623. The molecule has 0 radical (unpaired) electrons. The second-order valence-corrected chi connectivity index (χ2v) is 7.76. The number of primary amides is 1. The average molecular weight is 436 g/mol. The van der Waals surface area contributed by atoms with Crippen molar-refractivity contribution in [3.63, 3.8) is 0 Å². The molecule has 1 saturated heterocycles. The van der Waals surface area contributed by atoms with Crippen LogP contribution >= 0.6 is 0 Å². The number of amides is 3. The predicted molar refractivity (Wildman–Crippen MR) is 120 cm³/mol. The monoisotopic (exact) mass is 436 g/mol. The molecular formula is C22H24N6O4. The summed E-state index contributed by atoms with van der Waals surface area (Å²) >= 11 is 0. The molecule has 0 atom stereocenters. The zero-order valence-electron chi connectivity index (χ0n) is 18.1. The molecule has 1 aromatic carbocycles. The van der Waals surface area contributed by atoms with Crippen LogP contribution in [0.3, 0.4) is 0 Å². The van der Waals surface area contributed by atoms with Crippen LogP contribution in [0.25, 0.3) is 5.65 Å². The Balaban J connectivity index is 1.92. The molecule has 0 aliphatic carbocycles. The van der Waals surface area contributed by atoms with Crippen molar-refractivity contribution in [3.8, 4) is 5.75 Å². The molecule has 4 rings (SSSR count). The number of ether oxygens (including phenoxy) is 1. The van der Waals surface area contributed by atoms with Crippen molar-refractivity contribution in [2.24, 2.45) is 5.73 Å². The fourth-order valence-corrected chi connectivity index (χ4v) is 3.53. The van der Waals surface area contributed by atoms with Gasteiger partial charge in [-0.15, -0.1) is 0 Å². The average Bonchev–Trinajstić information content (AvgIpc) is 3.11. The van der Waals surface area contributed by atoms with Gasteiger partial charge in [0.05, 0.1) is 11.4 Å². The van der Waals surface area contributed by atoms with Crippen molar-refractivity contribution in [2.75, 3.05) is 44.0 Å². The Hall–Kier alpha value is -4.08. The van der Waals surface area contributed by atoms with Gasteiger partial charge in [-0.1, -0.05) is 30.3 Å². The summed E-state index contributed by atoms with van der Waals surface area (Å²) in [5, 5.41) is 0. The summed E-state index contributed by atoms with van der Waals surface area (Å²) in [6.45, 7) is 1.03. The molecule has 32 heavy (non-hydrogen) atoms. The minimum absolute atomic E-state index is 0.0692. The fraction of sp³-hybridized carbons (Fsp3) is 0.273. The van der Waals surface area contributed by atoms with Gasteiger partial charge in [-0.25, -0.2) is 9.78 Å². The van der Waals surface area contributed by atoms with Crippen LogP contribution in [-0.4, -0.2) is 60.5 Å². The summed E-state index contributed by atoms with van der Waals surface area (Å²) < 4.78 is 7.02. The Kier molecular flexibility index (Phi) is 5.43. The highest BCUT2D eigenvalue weighted by molar-refractivity contribution is 5.99. The molecule has 166 valence electrons. The molecule has 2 N–H and O–H groups in total. The van der Waals surface area contributed by atoms with E-state index < -0.39 is 11.5 Å². The van der Waals surface area contributed by atoms with Gasteiger partial charge < -0.3 is 20.3 Å². The Bertz CT molecular complexity index is 1250. The van der Waals surface area contributed by atoms with Gasteiger partial charge in [0, 0.05) is 40.4 Å². The van der Waals surface area contributed by atoms with Crippen LogP contribution in [0, 0.1) is 0 Å². The lowest BCUT2D eigenvalue weighted by atomic mass is 10.2. The van der Waals surface area contributed by atoms with Gasteiger partial charge >= 0.3 is 11.6 Å². The second kappa shape index (κ2) is 8.22. The summed E-state index contributed by atoms with van der Waals surface area (Å²) in [5.41, 5.74) is 6.77. The molecule has 3 aromatic rings. The number of nitrogens with zero attached hydrogens (tertiary/aromatic N) is 5. The molecule has 2 aromatic heterocycles. The van der Waals surface area contributed by atoms with Crippen LogP contribution in [0.2, 0.25) is 0 Å². The van der Waals surface area contributed by atoms with E-state index in [4.69, 9.17) is 10.5 Å². The highest BCUT2D eigenvalue weighted by atomic mass is 16.5. The van der Waals surface area contributed by atoms with Crippen molar-refractivity contribution in [1.29, 1.82) is 0 Å². The van der Waals surface area contributed by atoms with Gasteiger partial charge in [0.2, 0.25) is 5.75 Å². The van der Waals surface area contributed by atoms with Crippen molar-refractivity contribution in [2.45, 2.75) is 6.61 Å². The number of hydrogen-bond acceptors (Lipinski definition) is 6. The molecule has 1 aliphatic rings. The molecule has 10 heteroatoms. The molecule has 0 spiro atoms. The number of anilines is 2. The first-order valence-corrected chi connectivity index (χ1v) is 10.0. The van der Waals surface area contributed by atoms with Crippen LogP contribution < -0.4 is 25.8 Å². The third kappa shape index (κ3) is 3.70. The number of pyridine rings is 1. The molecule has 0 saturated carbocycles. The fourth-order valence-electron chi connectivity index (χ4n) is 3.53. The lowest BCUT2D eigenvalue weighted by molar-refractivity contribution is 0.0990. The van der Waals surface area contributed by atoms with Crippen molar-refractivity contribution >= 4 is 29.0 Å². The van der Waals surface area contributed by atoms with Crippen LogP contribution in [0.5, 0.6) is 5.75 Å². The van der Waals surface area contributed by atoms with E-state index in [1.54, 1.807) is 24.2 Å². The van der Waals surface area contributed by atoms with Crippen LogP contribution in [0.4, 0.5) is 16.2 Å². The summed E-state index contributed by atoms with van der Waals surface area (Å²) in [7, 11) is 5.35. The number of fused-ring (bicyclic) bond motifs is 1. The van der Waals surface area contributed by atoms with Crippen molar-refractivity contribution in [1.82, 2.24) is 14.3 Å². The minimum Gasteiger partial charge on any atom is -0.481 e. The zero-order chi connectivity index (χ0) is 23.0. The number of urea groups is 1. The van der Waals surface area contributed by atoms with Gasteiger partial charge in [-0.3, -0.25) is 18.9 Å². The first-order chi connectivity index (χ1) is 15.3. The lowest BCUT2D eigenvalue weighted by Gasteiger charge is -2.22. The number of likely N-dealkylation sites (N-methyl/N-ethyl adjacent to an activating group) is 1. The maximum absolute atomic E-state index is 13.4. The standard InChI is InChI=1S/C22H24N6O4/c1-25(2)15-11-16(27-10-9-26(3)22(27)31)20-24-17(19(23)29)18(21(30)28(20)12-15)32-13-14-7-5-4-6-8-14/h4-8,11-12H,9-10,13H2,1-3H3,(H2,23,29). The molecule has 3 heterocycles. The van der Waals surface area contributed by atoms with Crippen molar-refractivity contribution in [3.05, 3.63) is 64.2 Å². The topological polar surface area (TPSA) is 113 Å². The highest BCUT2D eigenvalue weighted by Gasteiger charge is 2.30. The van der Waals surface area contributed by atoms with Crippen LogP contribution in [-0.2, 0) is 6.61 Å². The van der Waals surface area contributed by atoms with E-state index in [2.05, 4.69) is 4.98 Å². The van der Waals surface area contributed by atoms with Crippen molar-refractivity contribution < 1.29 is 14.3 Å². The lowest BCUT2D eigenvalue weighted by Crippen LogP contribution is -2.32.